The van der Waals surface area contributed by atoms with Gasteiger partial charge in [-0.15, -0.1) is 0 Å². The van der Waals surface area contributed by atoms with Crippen LogP contribution in [0.2, 0.25) is 0 Å². The molecule has 0 unspecified atom stereocenters. The SMILES string of the molecule is CCOc1cc([N+](=O)[O-])c(C(=O)Nc2ccc(F)cc2F)cc1OC. The van der Waals surface area contributed by atoms with E-state index >= 15 is 0 Å². The molecule has 0 atom stereocenters. The minimum absolute atomic E-state index is 0.0983. The third-order valence-corrected chi connectivity index (χ3v) is 3.20. The standard InChI is InChI=1S/C16H14F2N2O5/c1-3-25-15-8-13(20(22)23)10(7-14(15)24-2)16(21)19-12-5-4-9(17)6-11(12)18/h4-8H,3H2,1-2H3,(H,19,21). The number of hydrogen-bond donors (Lipinski definition) is 1. The number of benzene rings is 2. The topological polar surface area (TPSA) is 90.7 Å². The molecular weight excluding hydrogens is 338 g/mol. The molecule has 0 saturated heterocycles. The smallest absolute Gasteiger partial charge is 0.286 e. The number of halogens is 2. The van der Waals surface area contributed by atoms with Crippen molar-refractivity contribution in [2.45, 2.75) is 6.92 Å². The van der Waals surface area contributed by atoms with E-state index in [0.29, 0.717) is 6.07 Å². The number of carbonyl (C=O) groups is 1. The molecule has 9 heteroatoms. The molecule has 0 aliphatic heterocycles. The molecule has 25 heavy (non-hydrogen) atoms. The normalized spacial score (nSPS) is 10.2. The van der Waals surface area contributed by atoms with Crippen LogP contribution >= 0.6 is 0 Å². The van der Waals surface area contributed by atoms with Gasteiger partial charge >= 0.3 is 0 Å². The summed E-state index contributed by atoms with van der Waals surface area (Å²) >= 11 is 0. The fourth-order valence-electron chi connectivity index (χ4n) is 2.09. The number of nitrogens with zero attached hydrogens (tertiary/aromatic N) is 1. The molecule has 0 heterocycles. The van der Waals surface area contributed by atoms with Crippen LogP contribution < -0.4 is 14.8 Å². The van der Waals surface area contributed by atoms with Crippen molar-refractivity contribution in [1.29, 1.82) is 0 Å². The minimum Gasteiger partial charge on any atom is -0.493 e. The van der Waals surface area contributed by atoms with Crippen molar-refractivity contribution in [3.63, 3.8) is 0 Å². The third kappa shape index (κ3) is 4.00. The largest absolute Gasteiger partial charge is 0.493 e. The Kier molecular flexibility index (Phi) is 5.48. The van der Waals surface area contributed by atoms with E-state index in [1.54, 1.807) is 6.92 Å². The highest BCUT2D eigenvalue weighted by molar-refractivity contribution is 6.07. The van der Waals surface area contributed by atoms with Crippen LogP contribution in [0.4, 0.5) is 20.2 Å². The Morgan fingerprint density at radius 2 is 1.96 bits per heavy atom. The highest BCUT2D eigenvalue weighted by Gasteiger charge is 2.25. The fourth-order valence-corrected chi connectivity index (χ4v) is 2.09. The number of ether oxygens (including phenoxy) is 2. The van der Waals surface area contributed by atoms with Crippen LogP contribution in [0.5, 0.6) is 11.5 Å². The average Bonchev–Trinajstić information content (AvgIpc) is 2.57. The van der Waals surface area contributed by atoms with Crippen LogP contribution in [-0.4, -0.2) is 24.5 Å². The number of nitro groups is 1. The summed E-state index contributed by atoms with van der Waals surface area (Å²) in [6, 6.07) is 4.73. The second-order valence-corrected chi connectivity index (χ2v) is 4.79. The first-order valence-corrected chi connectivity index (χ1v) is 7.13. The second-order valence-electron chi connectivity index (χ2n) is 4.79. The van der Waals surface area contributed by atoms with Crippen LogP contribution in [0.1, 0.15) is 17.3 Å². The van der Waals surface area contributed by atoms with Crippen LogP contribution in [0.25, 0.3) is 0 Å². The van der Waals surface area contributed by atoms with Gasteiger partial charge in [0.05, 0.1) is 30.4 Å². The maximum absolute atomic E-state index is 13.7. The zero-order valence-corrected chi connectivity index (χ0v) is 13.3. The van der Waals surface area contributed by atoms with Gasteiger partial charge in [0.2, 0.25) is 0 Å². The molecule has 2 aromatic rings. The van der Waals surface area contributed by atoms with E-state index in [9.17, 15) is 23.7 Å². The molecule has 0 saturated carbocycles. The van der Waals surface area contributed by atoms with Gasteiger partial charge in [0.15, 0.2) is 11.5 Å². The Morgan fingerprint density at radius 3 is 2.52 bits per heavy atom. The number of hydrogen-bond acceptors (Lipinski definition) is 5. The molecule has 0 bridgehead atoms. The molecule has 1 N–H and O–H groups in total. The molecule has 0 radical (unpaired) electrons. The molecule has 2 aromatic carbocycles. The molecule has 0 spiro atoms. The number of rotatable bonds is 6. The van der Waals surface area contributed by atoms with Gasteiger partial charge in [-0.3, -0.25) is 14.9 Å². The van der Waals surface area contributed by atoms with Crippen LogP contribution in [-0.2, 0) is 0 Å². The molecule has 0 aliphatic carbocycles. The molecule has 0 fully saturated rings. The summed E-state index contributed by atoms with van der Waals surface area (Å²) in [5.41, 5.74) is -1.20. The first-order chi connectivity index (χ1) is 11.9. The van der Waals surface area contributed by atoms with Crippen molar-refractivity contribution >= 4 is 17.3 Å². The molecule has 0 aliphatic rings. The van der Waals surface area contributed by atoms with Crippen molar-refractivity contribution in [3.05, 3.63) is 57.6 Å². The van der Waals surface area contributed by atoms with Crippen molar-refractivity contribution in [2.75, 3.05) is 19.0 Å². The van der Waals surface area contributed by atoms with Crippen LogP contribution in [0.15, 0.2) is 30.3 Å². The van der Waals surface area contributed by atoms with Gasteiger partial charge in [-0.2, -0.15) is 0 Å². The summed E-state index contributed by atoms with van der Waals surface area (Å²) in [6.45, 7) is 1.92. The molecule has 0 aromatic heterocycles. The lowest BCUT2D eigenvalue weighted by Crippen LogP contribution is -2.15. The summed E-state index contributed by atoms with van der Waals surface area (Å²) in [4.78, 5) is 22.8. The summed E-state index contributed by atoms with van der Waals surface area (Å²) in [5.74, 6) is -2.56. The van der Waals surface area contributed by atoms with Gasteiger partial charge in [-0.25, -0.2) is 8.78 Å². The summed E-state index contributed by atoms with van der Waals surface area (Å²) in [7, 11) is 1.31. The van der Waals surface area contributed by atoms with Gasteiger partial charge in [-0.05, 0) is 19.1 Å². The first-order valence-electron chi connectivity index (χ1n) is 7.13. The summed E-state index contributed by atoms with van der Waals surface area (Å²) in [6.07, 6.45) is 0. The van der Waals surface area contributed by atoms with Gasteiger partial charge in [-0.1, -0.05) is 0 Å². The third-order valence-electron chi connectivity index (χ3n) is 3.20. The molecule has 2 rings (SSSR count). The second kappa shape index (κ2) is 7.56. The predicted molar refractivity (Wildman–Crippen MR) is 85.1 cm³/mol. The fraction of sp³-hybridized carbons (Fsp3) is 0.188. The van der Waals surface area contributed by atoms with Crippen LogP contribution in [0.3, 0.4) is 0 Å². The van der Waals surface area contributed by atoms with E-state index in [0.717, 1.165) is 24.3 Å². The quantitative estimate of drug-likeness (QED) is 0.634. The van der Waals surface area contributed by atoms with E-state index in [4.69, 9.17) is 9.47 Å². The van der Waals surface area contributed by atoms with Gasteiger partial charge in [0, 0.05) is 12.1 Å². The number of nitro benzene ring substituents is 1. The lowest BCUT2D eigenvalue weighted by Gasteiger charge is -2.12. The maximum Gasteiger partial charge on any atom is 0.286 e. The Hall–Kier alpha value is -3.23. The van der Waals surface area contributed by atoms with E-state index in [1.165, 1.54) is 7.11 Å². The van der Waals surface area contributed by atoms with E-state index in [1.807, 2.05) is 0 Å². The Morgan fingerprint density at radius 1 is 1.24 bits per heavy atom. The lowest BCUT2D eigenvalue weighted by molar-refractivity contribution is -0.385. The number of carbonyl (C=O) groups excluding carboxylic acids is 1. The van der Waals surface area contributed by atoms with Gasteiger partial charge in [0.1, 0.15) is 17.2 Å². The van der Waals surface area contributed by atoms with Crippen molar-refractivity contribution in [2.24, 2.45) is 0 Å². The zero-order chi connectivity index (χ0) is 18.6. The van der Waals surface area contributed by atoms with E-state index in [2.05, 4.69) is 5.32 Å². The molecule has 1 amide bonds. The van der Waals surface area contributed by atoms with E-state index in [-0.39, 0.29) is 29.4 Å². The lowest BCUT2D eigenvalue weighted by atomic mass is 10.1. The first kappa shape index (κ1) is 18.1. The molecular formula is C16H14F2N2O5. The average molecular weight is 352 g/mol. The number of methoxy groups -OCH3 is 1. The maximum atomic E-state index is 13.7. The number of anilines is 1. The summed E-state index contributed by atoms with van der Waals surface area (Å²) in [5, 5.41) is 13.4. The molecule has 7 nitrogen and oxygen atoms in total. The van der Waals surface area contributed by atoms with Crippen LogP contribution in [0, 0.1) is 21.7 Å². The van der Waals surface area contributed by atoms with Gasteiger partial charge in [0.25, 0.3) is 11.6 Å². The van der Waals surface area contributed by atoms with Gasteiger partial charge < -0.3 is 14.8 Å². The highest BCUT2D eigenvalue weighted by atomic mass is 19.1. The van der Waals surface area contributed by atoms with Crippen molar-refractivity contribution in [1.82, 2.24) is 0 Å². The number of amides is 1. The van der Waals surface area contributed by atoms with Crippen molar-refractivity contribution < 1.29 is 28.0 Å². The Balaban J connectivity index is 2.45. The Labute approximate surface area is 141 Å². The Bertz CT molecular complexity index is 826. The van der Waals surface area contributed by atoms with E-state index < -0.39 is 28.2 Å². The number of nitrogens with one attached hydrogen (secondary N) is 1. The zero-order valence-electron chi connectivity index (χ0n) is 13.3. The highest BCUT2D eigenvalue weighted by Crippen LogP contribution is 2.35. The molecule has 132 valence electrons. The predicted octanol–water partition coefficient (Wildman–Crippen LogP) is 3.53. The van der Waals surface area contributed by atoms with Crippen molar-refractivity contribution in [3.8, 4) is 11.5 Å². The summed E-state index contributed by atoms with van der Waals surface area (Å²) < 4.78 is 36.9. The minimum atomic E-state index is -1.01. The monoisotopic (exact) mass is 352 g/mol.